The molecule has 1 heterocycles. The van der Waals surface area contributed by atoms with Crippen LogP contribution in [-0.4, -0.2) is 39.6 Å². The predicted octanol–water partition coefficient (Wildman–Crippen LogP) is -0.134. The Labute approximate surface area is 93.7 Å². The van der Waals surface area contributed by atoms with Crippen molar-refractivity contribution in [3.05, 3.63) is 23.5 Å². The van der Waals surface area contributed by atoms with Crippen LogP contribution in [0, 0.1) is 0 Å². The van der Waals surface area contributed by atoms with Crippen LogP contribution in [0.15, 0.2) is 23.5 Å². The Morgan fingerprint density at radius 1 is 1.38 bits per heavy atom. The summed E-state index contributed by atoms with van der Waals surface area (Å²) < 4.78 is 4.84. The van der Waals surface area contributed by atoms with E-state index in [1.165, 1.54) is 19.1 Å². The maximum atomic E-state index is 11.3. The van der Waals surface area contributed by atoms with Crippen LogP contribution in [0.3, 0.4) is 0 Å². The predicted molar refractivity (Wildman–Crippen MR) is 56.2 cm³/mol. The number of carbonyl (C=O) groups is 1. The van der Waals surface area contributed by atoms with E-state index in [4.69, 9.17) is 14.9 Å². The van der Waals surface area contributed by atoms with Crippen LogP contribution < -0.4 is 0 Å². The molecule has 0 aromatic rings. The quantitative estimate of drug-likeness (QED) is 0.583. The van der Waals surface area contributed by atoms with Crippen LogP contribution in [0.5, 0.6) is 0 Å². The molecule has 0 fully saturated rings. The summed E-state index contributed by atoms with van der Waals surface area (Å²) in [6.45, 7) is 3.00. The van der Waals surface area contributed by atoms with Crippen molar-refractivity contribution in [2.45, 2.75) is 38.6 Å². The van der Waals surface area contributed by atoms with Crippen LogP contribution in [-0.2, 0) is 9.53 Å². The molecular weight excluding hydrogens is 212 g/mol. The van der Waals surface area contributed by atoms with E-state index in [1.807, 2.05) is 0 Å². The van der Waals surface area contributed by atoms with Crippen molar-refractivity contribution >= 4 is 5.97 Å². The van der Waals surface area contributed by atoms with Crippen LogP contribution in [0.1, 0.15) is 20.3 Å². The van der Waals surface area contributed by atoms with Gasteiger partial charge in [-0.1, -0.05) is 0 Å². The molecule has 0 saturated carbocycles. The monoisotopic (exact) mass is 228 g/mol. The fourth-order valence-corrected chi connectivity index (χ4v) is 1.28. The highest BCUT2D eigenvalue weighted by Gasteiger charge is 2.23. The van der Waals surface area contributed by atoms with E-state index >= 15 is 0 Å². The second-order valence-corrected chi connectivity index (χ2v) is 3.91. The lowest BCUT2D eigenvalue weighted by atomic mass is 10.1. The minimum absolute atomic E-state index is 0.203. The number of rotatable bonds is 4. The van der Waals surface area contributed by atoms with Gasteiger partial charge in [0.25, 0.3) is 0 Å². The van der Waals surface area contributed by atoms with Crippen LogP contribution in [0.2, 0.25) is 0 Å². The molecule has 0 unspecified atom stereocenters. The number of hydrogen-bond acceptors (Lipinski definition) is 5. The summed E-state index contributed by atoms with van der Waals surface area (Å²) in [4.78, 5) is 11.3. The zero-order valence-corrected chi connectivity index (χ0v) is 9.25. The molecule has 5 heteroatoms. The lowest BCUT2D eigenvalue weighted by Gasteiger charge is -2.08. The van der Waals surface area contributed by atoms with Gasteiger partial charge in [0.2, 0.25) is 0 Å². The molecule has 1 rings (SSSR count). The summed E-state index contributed by atoms with van der Waals surface area (Å²) in [6.07, 6.45) is 0.296. The highest BCUT2D eigenvalue weighted by atomic mass is 16.5. The Morgan fingerprint density at radius 3 is 2.50 bits per heavy atom. The van der Waals surface area contributed by atoms with Gasteiger partial charge in [-0.05, 0) is 26.0 Å². The minimum atomic E-state index is -1.08. The number of cyclic esters (lactones) is 1. The molecule has 3 N–H and O–H groups in total. The van der Waals surface area contributed by atoms with Gasteiger partial charge in [0.1, 0.15) is 11.9 Å². The maximum Gasteiger partial charge on any atom is 0.339 e. The van der Waals surface area contributed by atoms with Gasteiger partial charge in [0.05, 0.1) is 12.2 Å². The molecular formula is C11H16O5. The topological polar surface area (TPSA) is 87.0 Å². The summed E-state index contributed by atoms with van der Waals surface area (Å²) in [5.74, 6) is -0.320. The van der Waals surface area contributed by atoms with Gasteiger partial charge in [0, 0.05) is 12.0 Å². The van der Waals surface area contributed by atoms with Gasteiger partial charge in [-0.2, -0.15) is 0 Å². The molecule has 0 aliphatic carbocycles. The van der Waals surface area contributed by atoms with E-state index in [2.05, 4.69) is 0 Å². The van der Waals surface area contributed by atoms with Crippen LogP contribution in [0.25, 0.3) is 0 Å². The van der Waals surface area contributed by atoms with Crippen molar-refractivity contribution in [2.24, 2.45) is 0 Å². The average molecular weight is 228 g/mol. The Morgan fingerprint density at radius 2 is 2.00 bits per heavy atom. The zero-order valence-electron chi connectivity index (χ0n) is 9.25. The average Bonchev–Trinajstić information content (AvgIpc) is 2.45. The SMILES string of the molecule is C[C@@H](O)CC1=C/C(=C/[C@@H](O)[C@@H](C)O)OC1=O. The summed E-state index contributed by atoms with van der Waals surface area (Å²) in [6, 6.07) is 0. The smallest absolute Gasteiger partial charge is 0.339 e. The molecule has 16 heavy (non-hydrogen) atoms. The van der Waals surface area contributed by atoms with Gasteiger partial charge in [-0.15, -0.1) is 0 Å². The number of esters is 1. The largest absolute Gasteiger partial charge is 0.423 e. The lowest BCUT2D eigenvalue weighted by molar-refractivity contribution is -0.133. The fraction of sp³-hybridized carbons (Fsp3) is 0.545. The molecule has 5 nitrogen and oxygen atoms in total. The number of allylic oxidation sites excluding steroid dienone is 1. The third-order valence-electron chi connectivity index (χ3n) is 2.13. The number of aliphatic hydroxyl groups is 3. The molecule has 0 saturated heterocycles. The van der Waals surface area contributed by atoms with Crippen molar-refractivity contribution in [1.82, 2.24) is 0 Å². The number of ether oxygens (including phenoxy) is 1. The molecule has 3 atom stereocenters. The summed E-state index contributed by atoms with van der Waals surface area (Å²) in [7, 11) is 0. The Bertz CT molecular complexity index is 327. The molecule has 0 aromatic carbocycles. The number of carbonyl (C=O) groups excluding carboxylic acids is 1. The van der Waals surface area contributed by atoms with Crippen molar-refractivity contribution < 1.29 is 24.9 Å². The lowest BCUT2D eigenvalue weighted by Crippen LogP contribution is -2.20. The fourth-order valence-electron chi connectivity index (χ4n) is 1.28. The third-order valence-corrected chi connectivity index (χ3v) is 2.13. The van der Waals surface area contributed by atoms with E-state index in [0.29, 0.717) is 5.57 Å². The molecule has 90 valence electrons. The summed E-state index contributed by atoms with van der Waals surface area (Å²) in [5, 5.41) is 27.5. The van der Waals surface area contributed by atoms with Crippen molar-refractivity contribution in [1.29, 1.82) is 0 Å². The number of aliphatic hydroxyl groups excluding tert-OH is 3. The Kier molecular flexibility index (Phi) is 4.23. The van der Waals surface area contributed by atoms with E-state index < -0.39 is 24.3 Å². The zero-order chi connectivity index (χ0) is 12.3. The first kappa shape index (κ1) is 12.9. The summed E-state index contributed by atoms with van der Waals surface area (Å²) in [5.41, 5.74) is 0.360. The molecule has 0 bridgehead atoms. The van der Waals surface area contributed by atoms with Gasteiger partial charge >= 0.3 is 5.97 Å². The first-order valence-electron chi connectivity index (χ1n) is 5.09. The second-order valence-electron chi connectivity index (χ2n) is 3.91. The van der Waals surface area contributed by atoms with E-state index in [-0.39, 0.29) is 12.2 Å². The van der Waals surface area contributed by atoms with E-state index in [9.17, 15) is 9.90 Å². The molecule has 0 aromatic heterocycles. The standard InChI is InChI=1S/C11H16O5/c1-6(12)3-8-4-9(16-11(8)15)5-10(14)7(2)13/h4-7,10,12-14H,3H2,1-2H3/b9-5-/t6-,7-,10-/m1/s1. The molecule has 1 aliphatic heterocycles. The van der Waals surface area contributed by atoms with Crippen molar-refractivity contribution in [3.8, 4) is 0 Å². The van der Waals surface area contributed by atoms with Crippen LogP contribution >= 0.6 is 0 Å². The third kappa shape index (κ3) is 3.44. The van der Waals surface area contributed by atoms with Crippen molar-refractivity contribution in [2.75, 3.05) is 0 Å². The van der Waals surface area contributed by atoms with Gasteiger partial charge in [-0.25, -0.2) is 4.79 Å². The second kappa shape index (κ2) is 5.25. The van der Waals surface area contributed by atoms with E-state index in [0.717, 1.165) is 0 Å². The Hall–Kier alpha value is -1.17. The minimum Gasteiger partial charge on any atom is -0.423 e. The maximum absolute atomic E-state index is 11.3. The van der Waals surface area contributed by atoms with E-state index in [1.54, 1.807) is 6.92 Å². The number of hydrogen-bond donors (Lipinski definition) is 3. The van der Waals surface area contributed by atoms with Gasteiger partial charge in [-0.3, -0.25) is 0 Å². The summed E-state index contributed by atoms with van der Waals surface area (Å²) >= 11 is 0. The highest BCUT2D eigenvalue weighted by Crippen LogP contribution is 2.21. The molecule has 1 aliphatic rings. The van der Waals surface area contributed by atoms with Crippen molar-refractivity contribution in [3.63, 3.8) is 0 Å². The first-order valence-corrected chi connectivity index (χ1v) is 5.09. The molecule has 0 amide bonds. The molecule has 0 radical (unpaired) electrons. The highest BCUT2D eigenvalue weighted by molar-refractivity contribution is 5.92. The molecule has 0 spiro atoms. The first-order chi connectivity index (χ1) is 7.40. The van der Waals surface area contributed by atoms with Crippen LogP contribution in [0.4, 0.5) is 0 Å². The van der Waals surface area contributed by atoms with Gasteiger partial charge < -0.3 is 20.1 Å². The van der Waals surface area contributed by atoms with Gasteiger partial charge in [0.15, 0.2) is 0 Å². The normalized spacial score (nSPS) is 23.9. The Balaban J connectivity index is 2.73.